The number of hydrogen-bond donors (Lipinski definition) is 1. The number of carbonyl (C=O) groups is 2. The van der Waals surface area contributed by atoms with Crippen molar-refractivity contribution in [2.75, 3.05) is 13.7 Å². The second-order valence-electron chi connectivity index (χ2n) is 7.42. The topological polar surface area (TPSA) is 69.6 Å². The van der Waals surface area contributed by atoms with Crippen LogP contribution in [0.2, 0.25) is 0 Å². The summed E-state index contributed by atoms with van der Waals surface area (Å²) >= 11 is 0. The number of carbonyl (C=O) groups excluding carboxylic acids is 2. The Labute approximate surface area is 188 Å². The molecule has 0 aliphatic heterocycles. The summed E-state index contributed by atoms with van der Waals surface area (Å²) in [5, 5.41) is 4.57. The van der Waals surface area contributed by atoms with Crippen LogP contribution in [0, 0.1) is 11.6 Å². The van der Waals surface area contributed by atoms with Gasteiger partial charge >= 0.3 is 12.1 Å². The summed E-state index contributed by atoms with van der Waals surface area (Å²) < 4.78 is 39.8. The van der Waals surface area contributed by atoms with Gasteiger partial charge in [0.1, 0.15) is 17.3 Å². The van der Waals surface area contributed by atoms with Gasteiger partial charge in [-0.3, -0.25) is 0 Å². The number of rotatable bonds is 6. The number of amides is 1. The zero-order valence-electron chi connectivity index (χ0n) is 18.2. The summed E-state index contributed by atoms with van der Waals surface area (Å²) in [5.41, 5.74) is 1.93. The van der Waals surface area contributed by atoms with Gasteiger partial charge in [0.05, 0.1) is 13.7 Å². The van der Waals surface area contributed by atoms with Gasteiger partial charge in [-0.15, -0.1) is 0 Å². The van der Waals surface area contributed by atoms with Gasteiger partial charge in [0, 0.05) is 29.6 Å². The molecule has 3 aromatic carbocycles. The molecule has 0 unspecified atom stereocenters. The van der Waals surface area contributed by atoms with Crippen LogP contribution in [-0.2, 0) is 22.6 Å². The SMILES string of the molecule is CCOC(=O)c1c(CNC(=O)OC)c2cc(F)ccc2n1Cc1cccc2ccc(F)cc12. The lowest BCUT2D eigenvalue weighted by Crippen LogP contribution is -2.24. The first-order valence-corrected chi connectivity index (χ1v) is 10.4. The number of methoxy groups -OCH3 is 1. The first kappa shape index (κ1) is 22.3. The molecule has 8 heteroatoms. The van der Waals surface area contributed by atoms with Gasteiger partial charge in [-0.05, 0) is 53.6 Å². The first-order valence-electron chi connectivity index (χ1n) is 10.4. The van der Waals surface area contributed by atoms with E-state index in [0.717, 1.165) is 10.9 Å². The van der Waals surface area contributed by atoms with E-state index in [4.69, 9.17) is 4.74 Å². The third kappa shape index (κ3) is 4.37. The fraction of sp³-hybridized carbons (Fsp3) is 0.200. The average molecular weight is 452 g/mol. The molecule has 0 atom stereocenters. The fourth-order valence-corrected chi connectivity index (χ4v) is 4.02. The molecule has 170 valence electrons. The van der Waals surface area contributed by atoms with Crippen LogP contribution in [0.4, 0.5) is 13.6 Å². The zero-order valence-corrected chi connectivity index (χ0v) is 18.2. The zero-order chi connectivity index (χ0) is 23.5. The van der Waals surface area contributed by atoms with Crippen LogP contribution in [-0.4, -0.2) is 30.3 Å². The highest BCUT2D eigenvalue weighted by molar-refractivity contribution is 5.99. The van der Waals surface area contributed by atoms with Crippen molar-refractivity contribution in [1.82, 2.24) is 9.88 Å². The van der Waals surface area contributed by atoms with Crippen molar-refractivity contribution in [2.24, 2.45) is 0 Å². The van der Waals surface area contributed by atoms with Gasteiger partial charge in [0.2, 0.25) is 0 Å². The summed E-state index contributed by atoms with van der Waals surface area (Å²) in [4.78, 5) is 24.7. The van der Waals surface area contributed by atoms with Gasteiger partial charge < -0.3 is 19.4 Å². The largest absolute Gasteiger partial charge is 0.461 e. The molecule has 0 saturated heterocycles. The van der Waals surface area contributed by atoms with E-state index >= 15 is 0 Å². The molecule has 0 bridgehead atoms. The van der Waals surface area contributed by atoms with Crippen LogP contribution in [0.1, 0.15) is 28.5 Å². The normalized spacial score (nSPS) is 11.0. The van der Waals surface area contributed by atoms with Crippen molar-refractivity contribution in [1.29, 1.82) is 0 Å². The smallest absolute Gasteiger partial charge is 0.407 e. The number of halogens is 2. The molecule has 1 N–H and O–H groups in total. The predicted molar refractivity (Wildman–Crippen MR) is 120 cm³/mol. The van der Waals surface area contributed by atoms with Crippen LogP contribution >= 0.6 is 0 Å². The van der Waals surface area contributed by atoms with Crippen molar-refractivity contribution in [2.45, 2.75) is 20.0 Å². The predicted octanol–water partition coefficient (Wildman–Crippen LogP) is 5.15. The Balaban J connectivity index is 1.93. The number of ether oxygens (including phenoxy) is 2. The van der Waals surface area contributed by atoms with Crippen LogP contribution in [0.25, 0.3) is 21.7 Å². The van der Waals surface area contributed by atoms with E-state index < -0.39 is 17.9 Å². The minimum absolute atomic E-state index is 0.0715. The van der Waals surface area contributed by atoms with Gasteiger partial charge in [0.25, 0.3) is 0 Å². The molecule has 0 fully saturated rings. The first-order chi connectivity index (χ1) is 15.9. The summed E-state index contributed by atoms with van der Waals surface area (Å²) in [6.45, 7) is 1.95. The molecule has 1 heterocycles. The van der Waals surface area contributed by atoms with E-state index in [1.54, 1.807) is 23.6 Å². The minimum Gasteiger partial charge on any atom is -0.461 e. The monoisotopic (exact) mass is 452 g/mol. The highest BCUT2D eigenvalue weighted by Crippen LogP contribution is 2.30. The standard InChI is InChI=1S/C25H22F2N2O4/c1-3-33-24(30)23-21(13-28-25(31)32-2)20-12-18(27)9-10-22(20)29(23)14-16-6-4-5-15-7-8-17(26)11-19(15)16/h4-12H,3,13-14H2,1-2H3,(H,28,31). The Morgan fingerprint density at radius 1 is 1.00 bits per heavy atom. The van der Waals surface area contributed by atoms with Crippen molar-refractivity contribution in [3.05, 3.63) is 83.1 Å². The number of alkyl carbamates (subject to hydrolysis) is 1. The Bertz CT molecular complexity index is 1360. The summed E-state index contributed by atoms with van der Waals surface area (Å²) in [5.74, 6) is -1.47. The van der Waals surface area contributed by atoms with Crippen LogP contribution < -0.4 is 5.32 Å². The number of hydrogen-bond acceptors (Lipinski definition) is 4. The lowest BCUT2D eigenvalue weighted by atomic mass is 10.0. The molecule has 4 aromatic rings. The number of nitrogens with one attached hydrogen (secondary N) is 1. The van der Waals surface area contributed by atoms with Crippen molar-refractivity contribution in [3.63, 3.8) is 0 Å². The van der Waals surface area contributed by atoms with Gasteiger partial charge in [0.15, 0.2) is 0 Å². The summed E-state index contributed by atoms with van der Waals surface area (Å²) in [7, 11) is 1.23. The maximum atomic E-state index is 14.2. The maximum Gasteiger partial charge on any atom is 0.407 e. The third-order valence-electron chi connectivity index (χ3n) is 5.46. The molecular weight excluding hydrogens is 430 g/mol. The molecule has 0 saturated carbocycles. The van der Waals surface area contributed by atoms with E-state index in [1.165, 1.54) is 31.4 Å². The Hall–Kier alpha value is -3.94. The fourth-order valence-electron chi connectivity index (χ4n) is 4.02. The molecule has 0 aliphatic carbocycles. The highest BCUT2D eigenvalue weighted by atomic mass is 19.1. The molecule has 33 heavy (non-hydrogen) atoms. The van der Waals surface area contributed by atoms with Gasteiger partial charge in [-0.2, -0.15) is 0 Å². The molecule has 1 amide bonds. The van der Waals surface area contributed by atoms with Gasteiger partial charge in [-0.1, -0.05) is 24.3 Å². The quantitative estimate of drug-likeness (QED) is 0.411. The van der Waals surface area contributed by atoms with E-state index in [-0.39, 0.29) is 31.2 Å². The second-order valence-corrected chi connectivity index (χ2v) is 7.42. The minimum atomic E-state index is -0.688. The number of esters is 1. The summed E-state index contributed by atoms with van der Waals surface area (Å²) in [6.07, 6.45) is -0.688. The number of fused-ring (bicyclic) bond motifs is 2. The molecule has 1 aromatic heterocycles. The molecular formula is C25H22F2N2O4. The Kier molecular flexibility index (Phi) is 6.26. The van der Waals surface area contributed by atoms with Crippen LogP contribution in [0.15, 0.2) is 54.6 Å². The van der Waals surface area contributed by atoms with Crippen molar-refractivity contribution >= 4 is 33.7 Å². The molecule has 0 aliphatic rings. The molecule has 6 nitrogen and oxygen atoms in total. The number of aromatic nitrogens is 1. The van der Waals surface area contributed by atoms with E-state index in [0.29, 0.717) is 21.9 Å². The molecule has 4 rings (SSSR count). The lowest BCUT2D eigenvalue weighted by molar-refractivity contribution is 0.0513. The average Bonchev–Trinajstić information content (AvgIpc) is 3.10. The Morgan fingerprint density at radius 3 is 2.45 bits per heavy atom. The number of benzene rings is 3. The lowest BCUT2D eigenvalue weighted by Gasteiger charge is -2.14. The van der Waals surface area contributed by atoms with E-state index in [9.17, 15) is 18.4 Å². The second kappa shape index (κ2) is 9.28. The van der Waals surface area contributed by atoms with E-state index in [2.05, 4.69) is 10.1 Å². The number of nitrogens with zero attached hydrogens (tertiary/aromatic N) is 1. The third-order valence-corrected chi connectivity index (χ3v) is 5.46. The van der Waals surface area contributed by atoms with E-state index in [1.807, 2.05) is 18.2 Å². The maximum absolute atomic E-state index is 14.2. The van der Waals surface area contributed by atoms with Gasteiger partial charge in [-0.25, -0.2) is 18.4 Å². The highest BCUT2D eigenvalue weighted by Gasteiger charge is 2.25. The Morgan fingerprint density at radius 2 is 1.73 bits per heavy atom. The van der Waals surface area contributed by atoms with Crippen molar-refractivity contribution in [3.8, 4) is 0 Å². The van der Waals surface area contributed by atoms with Crippen LogP contribution in [0.5, 0.6) is 0 Å². The molecule has 0 radical (unpaired) electrons. The van der Waals surface area contributed by atoms with Crippen molar-refractivity contribution < 1.29 is 27.8 Å². The molecule has 0 spiro atoms. The summed E-state index contributed by atoms with van der Waals surface area (Å²) in [6, 6.07) is 14.3. The van der Waals surface area contributed by atoms with Crippen LogP contribution in [0.3, 0.4) is 0 Å².